The molecule has 0 bridgehead atoms. The summed E-state index contributed by atoms with van der Waals surface area (Å²) in [5.74, 6) is 0.998. The van der Waals surface area contributed by atoms with Gasteiger partial charge in [-0.05, 0) is 87.8 Å². The molecule has 2 aromatic rings. The maximum atomic E-state index is 12.4. The van der Waals surface area contributed by atoms with E-state index >= 15 is 0 Å². The van der Waals surface area contributed by atoms with Crippen molar-refractivity contribution in [1.82, 2.24) is 0 Å². The van der Waals surface area contributed by atoms with Crippen molar-refractivity contribution in [3.8, 4) is 5.75 Å². The van der Waals surface area contributed by atoms with Crippen molar-refractivity contribution in [3.63, 3.8) is 0 Å². The summed E-state index contributed by atoms with van der Waals surface area (Å²) in [5, 5.41) is 5.70. The number of carbonyl (C=O) groups excluding carboxylic acids is 2. The largest absolute Gasteiger partial charge is 0.495 e. The van der Waals surface area contributed by atoms with Crippen LogP contribution < -0.4 is 15.4 Å². The summed E-state index contributed by atoms with van der Waals surface area (Å²) in [6.45, 7) is 5.73. The SMILES string of the molecule is COc1ccc(C)cc1NC(=O)Nc1ccc([C@H]2CC[C@H](C(=O)OC(C)C)CC2)cc1. The van der Waals surface area contributed by atoms with Crippen molar-refractivity contribution in [3.05, 3.63) is 53.6 Å². The number of esters is 1. The molecule has 1 saturated carbocycles. The van der Waals surface area contributed by atoms with Gasteiger partial charge in [0.05, 0.1) is 24.8 Å². The lowest BCUT2D eigenvalue weighted by molar-refractivity contribution is -0.153. The molecule has 3 rings (SSSR count). The average molecular weight is 425 g/mol. The number of aryl methyl sites for hydroxylation is 1. The number of amides is 2. The van der Waals surface area contributed by atoms with Crippen LogP contribution in [0.4, 0.5) is 16.2 Å². The Morgan fingerprint density at radius 3 is 2.26 bits per heavy atom. The number of methoxy groups -OCH3 is 1. The molecule has 0 aliphatic heterocycles. The van der Waals surface area contributed by atoms with Gasteiger partial charge >= 0.3 is 12.0 Å². The fourth-order valence-corrected chi connectivity index (χ4v) is 4.03. The molecular formula is C25H32N2O4. The van der Waals surface area contributed by atoms with E-state index in [-0.39, 0.29) is 24.0 Å². The number of carbonyl (C=O) groups is 2. The van der Waals surface area contributed by atoms with Gasteiger partial charge in [0.1, 0.15) is 5.75 Å². The van der Waals surface area contributed by atoms with Gasteiger partial charge in [-0.2, -0.15) is 0 Å². The number of urea groups is 1. The molecule has 0 unspecified atom stereocenters. The highest BCUT2D eigenvalue weighted by Crippen LogP contribution is 2.36. The second-order valence-corrected chi connectivity index (χ2v) is 8.44. The van der Waals surface area contributed by atoms with E-state index in [4.69, 9.17) is 9.47 Å². The molecule has 166 valence electrons. The summed E-state index contributed by atoms with van der Waals surface area (Å²) in [5.41, 5.74) is 3.63. The first kappa shape index (κ1) is 22.7. The minimum absolute atomic E-state index is 0.0156. The van der Waals surface area contributed by atoms with E-state index in [1.54, 1.807) is 7.11 Å². The first-order valence-corrected chi connectivity index (χ1v) is 10.9. The molecule has 2 aromatic carbocycles. The Morgan fingerprint density at radius 2 is 1.65 bits per heavy atom. The zero-order chi connectivity index (χ0) is 22.4. The number of anilines is 2. The minimum atomic E-state index is -0.319. The average Bonchev–Trinajstić information content (AvgIpc) is 2.74. The fraction of sp³-hybridized carbons (Fsp3) is 0.440. The molecule has 0 heterocycles. The minimum Gasteiger partial charge on any atom is -0.495 e. The predicted molar refractivity (Wildman–Crippen MR) is 123 cm³/mol. The van der Waals surface area contributed by atoms with Gasteiger partial charge in [0, 0.05) is 5.69 Å². The molecule has 1 aliphatic carbocycles. The number of hydrogen-bond donors (Lipinski definition) is 2. The monoisotopic (exact) mass is 424 g/mol. The Kier molecular flexibility index (Phi) is 7.55. The number of nitrogens with one attached hydrogen (secondary N) is 2. The first-order chi connectivity index (χ1) is 14.9. The Bertz CT molecular complexity index is 900. The van der Waals surface area contributed by atoms with Crippen LogP contribution in [0.2, 0.25) is 0 Å². The van der Waals surface area contributed by atoms with E-state index in [0.29, 0.717) is 17.4 Å². The molecular weight excluding hydrogens is 392 g/mol. The number of benzene rings is 2. The number of rotatable bonds is 6. The smallest absolute Gasteiger partial charge is 0.323 e. The van der Waals surface area contributed by atoms with Crippen LogP contribution in [0.1, 0.15) is 56.6 Å². The van der Waals surface area contributed by atoms with Crippen LogP contribution in [-0.4, -0.2) is 25.2 Å². The lowest BCUT2D eigenvalue weighted by Crippen LogP contribution is -2.25. The van der Waals surface area contributed by atoms with E-state index in [0.717, 1.165) is 36.9 Å². The summed E-state index contributed by atoms with van der Waals surface area (Å²) < 4.78 is 10.7. The first-order valence-electron chi connectivity index (χ1n) is 10.9. The molecule has 0 radical (unpaired) electrons. The molecule has 0 spiro atoms. The van der Waals surface area contributed by atoms with E-state index in [1.165, 1.54) is 5.56 Å². The van der Waals surface area contributed by atoms with Crippen molar-refractivity contribution in [2.45, 2.75) is 58.5 Å². The third-order valence-electron chi connectivity index (χ3n) is 5.66. The third-order valence-corrected chi connectivity index (χ3v) is 5.66. The van der Waals surface area contributed by atoms with Crippen LogP contribution in [0.5, 0.6) is 5.75 Å². The van der Waals surface area contributed by atoms with Crippen LogP contribution >= 0.6 is 0 Å². The van der Waals surface area contributed by atoms with Crippen molar-refractivity contribution < 1.29 is 19.1 Å². The summed E-state index contributed by atoms with van der Waals surface area (Å²) >= 11 is 0. The Balaban J connectivity index is 1.53. The van der Waals surface area contributed by atoms with Crippen molar-refractivity contribution in [2.75, 3.05) is 17.7 Å². The Hall–Kier alpha value is -3.02. The molecule has 1 fully saturated rings. The van der Waals surface area contributed by atoms with Gasteiger partial charge < -0.3 is 20.1 Å². The van der Waals surface area contributed by atoms with Crippen LogP contribution in [0.3, 0.4) is 0 Å². The summed E-state index contributed by atoms with van der Waals surface area (Å²) in [7, 11) is 1.58. The number of ether oxygens (including phenoxy) is 2. The fourth-order valence-electron chi connectivity index (χ4n) is 4.03. The molecule has 2 amide bonds. The standard InChI is InChI=1S/C25H32N2O4/c1-16(2)31-24(28)20-8-6-18(7-9-20)19-10-12-21(13-11-19)26-25(29)27-22-15-17(3)5-14-23(22)30-4/h5,10-16,18,20H,6-9H2,1-4H3,(H2,26,27,29)/t18-,20-. The van der Waals surface area contributed by atoms with Crippen LogP contribution in [0.15, 0.2) is 42.5 Å². The molecule has 6 heteroatoms. The molecule has 2 N–H and O–H groups in total. The van der Waals surface area contributed by atoms with Crippen LogP contribution in [-0.2, 0) is 9.53 Å². The normalized spacial score (nSPS) is 18.4. The van der Waals surface area contributed by atoms with Crippen molar-refractivity contribution in [1.29, 1.82) is 0 Å². The van der Waals surface area contributed by atoms with Gasteiger partial charge in [-0.1, -0.05) is 18.2 Å². The van der Waals surface area contributed by atoms with Gasteiger partial charge in [0.25, 0.3) is 0 Å². The van der Waals surface area contributed by atoms with Gasteiger partial charge in [0.2, 0.25) is 0 Å². The summed E-state index contributed by atoms with van der Waals surface area (Å²) in [4.78, 5) is 24.5. The highest BCUT2D eigenvalue weighted by atomic mass is 16.5. The molecule has 0 saturated heterocycles. The second-order valence-electron chi connectivity index (χ2n) is 8.44. The van der Waals surface area contributed by atoms with Crippen LogP contribution in [0, 0.1) is 12.8 Å². The van der Waals surface area contributed by atoms with Gasteiger partial charge in [-0.15, -0.1) is 0 Å². The maximum Gasteiger partial charge on any atom is 0.323 e. The van der Waals surface area contributed by atoms with Gasteiger partial charge in [-0.25, -0.2) is 4.79 Å². The zero-order valence-corrected chi connectivity index (χ0v) is 18.7. The highest BCUT2D eigenvalue weighted by molar-refractivity contribution is 6.00. The molecule has 31 heavy (non-hydrogen) atoms. The lowest BCUT2D eigenvalue weighted by Gasteiger charge is -2.28. The molecule has 0 aromatic heterocycles. The van der Waals surface area contributed by atoms with Gasteiger partial charge in [0.15, 0.2) is 0 Å². The lowest BCUT2D eigenvalue weighted by atomic mass is 9.78. The molecule has 0 atom stereocenters. The zero-order valence-electron chi connectivity index (χ0n) is 18.7. The summed E-state index contributed by atoms with van der Waals surface area (Å²) in [6.07, 6.45) is 3.60. The summed E-state index contributed by atoms with van der Waals surface area (Å²) in [6, 6.07) is 13.3. The molecule has 1 aliphatic rings. The van der Waals surface area contributed by atoms with Crippen LogP contribution in [0.25, 0.3) is 0 Å². The second kappa shape index (κ2) is 10.3. The van der Waals surface area contributed by atoms with E-state index in [2.05, 4.69) is 22.8 Å². The topological polar surface area (TPSA) is 76.7 Å². The quantitative estimate of drug-likeness (QED) is 0.568. The maximum absolute atomic E-state index is 12.4. The highest BCUT2D eigenvalue weighted by Gasteiger charge is 2.28. The molecule has 6 nitrogen and oxygen atoms in total. The Morgan fingerprint density at radius 1 is 0.968 bits per heavy atom. The van der Waals surface area contributed by atoms with E-state index in [9.17, 15) is 9.59 Å². The van der Waals surface area contributed by atoms with E-state index < -0.39 is 0 Å². The predicted octanol–water partition coefficient (Wildman–Crippen LogP) is 5.87. The number of hydrogen-bond acceptors (Lipinski definition) is 4. The van der Waals surface area contributed by atoms with Crippen molar-refractivity contribution >= 4 is 23.4 Å². The third kappa shape index (κ3) is 6.23. The van der Waals surface area contributed by atoms with Crippen molar-refractivity contribution in [2.24, 2.45) is 5.92 Å². The van der Waals surface area contributed by atoms with Gasteiger partial charge in [-0.3, -0.25) is 4.79 Å². The Labute approximate surface area is 184 Å². The van der Waals surface area contributed by atoms with E-state index in [1.807, 2.05) is 51.1 Å².